The Hall–Kier alpha value is -6.91. The lowest BCUT2D eigenvalue weighted by Gasteiger charge is -2.26. The van der Waals surface area contributed by atoms with Crippen molar-refractivity contribution in [1.82, 2.24) is 4.98 Å². The van der Waals surface area contributed by atoms with Crippen LogP contribution < -0.4 is 4.90 Å². The molecule has 0 aliphatic heterocycles. The number of rotatable bonds is 6. The third-order valence-corrected chi connectivity index (χ3v) is 9.69. The number of fused-ring (bicyclic) bond motifs is 6. The molecule has 0 saturated heterocycles. The minimum Gasteiger partial charge on any atom is -0.455 e. The number of hydrogen-bond donors (Lipinski definition) is 0. The van der Waals surface area contributed by atoms with Crippen molar-refractivity contribution in [3.63, 3.8) is 0 Å². The summed E-state index contributed by atoms with van der Waals surface area (Å²) in [6.07, 6.45) is 0. The number of nitrogens with zero attached hydrogens (tertiary/aromatic N) is 2. The smallest absolute Gasteiger partial charge is 0.227 e. The largest absolute Gasteiger partial charge is 0.455 e. The molecule has 4 heteroatoms. The third kappa shape index (κ3) is 5.04. The summed E-state index contributed by atoms with van der Waals surface area (Å²) in [5.74, 6) is 0.619. The molecule has 4 nitrogen and oxygen atoms in total. The summed E-state index contributed by atoms with van der Waals surface area (Å²) in [4.78, 5) is 7.23. The predicted molar refractivity (Wildman–Crippen MR) is 210 cm³/mol. The van der Waals surface area contributed by atoms with Gasteiger partial charge in [-0.1, -0.05) is 115 Å². The maximum Gasteiger partial charge on any atom is 0.227 e. The molecule has 0 spiro atoms. The molecule has 0 bridgehead atoms. The Bertz CT molecular complexity index is 2850. The maximum absolute atomic E-state index is 6.63. The van der Waals surface area contributed by atoms with Crippen molar-refractivity contribution in [3.8, 4) is 33.7 Å². The van der Waals surface area contributed by atoms with Crippen LogP contribution in [0.3, 0.4) is 0 Å². The van der Waals surface area contributed by atoms with Crippen LogP contribution in [-0.2, 0) is 0 Å². The first kappa shape index (κ1) is 29.0. The number of hydrogen-bond acceptors (Lipinski definition) is 4. The van der Waals surface area contributed by atoms with Crippen LogP contribution in [0, 0.1) is 0 Å². The molecule has 0 aliphatic carbocycles. The molecule has 0 radical (unpaired) electrons. The number of benzene rings is 8. The summed E-state index contributed by atoms with van der Waals surface area (Å²) in [5.41, 5.74) is 11.8. The lowest BCUT2D eigenvalue weighted by atomic mass is 10.0. The van der Waals surface area contributed by atoms with E-state index in [2.05, 4.69) is 144 Å². The second-order valence-electron chi connectivity index (χ2n) is 12.8. The summed E-state index contributed by atoms with van der Waals surface area (Å²) in [7, 11) is 0. The fourth-order valence-electron chi connectivity index (χ4n) is 7.21. The SMILES string of the molecule is c1ccc(-c2cccc(N(c3ccc(-c4cccc5oc(-c6ccccc6)nc45)cc3)c3ccc4c(c3)oc3c5ccccc5ccc43)c2)cc1. The van der Waals surface area contributed by atoms with E-state index in [1.165, 1.54) is 10.9 Å². The standard InChI is InChI=1S/C47H30N2O2/c1-3-11-31(12-4-1)35-16-9-17-37(29-35)49(38-26-28-41-42-27-23-32-13-7-8-18-40(32)46(42)50-44(41)30-38)36-24-21-33(22-25-36)39-19-10-20-43-45(39)48-47(51-43)34-14-5-2-6-15-34/h1-30H. The summed E-state index contributed by atoms with van der Waals surface area (Å²) < 4.78 is 12.8. The fraction of sp³-hybridized carbons (Fsp3) is 0. The monoisotopic (exact) mass is 654 g/mol. The van der Waals surface area contributed by atoms with E-state index < -0.39 is 0 Å². The van der Waals surface area contributed by atoms with Crippen LogP contribution in [0.5, 0.6) is 0 Å². The molecule has 2 heterocycles. The number of para-hydroxylation sites is 1. The molecule has 10 rings (SSSR count). The first-order valence-corrected chi connectivity index (χ1v) is 17.1. The highest BCUT2D eigenvalue weighted by atomic mass is 16.3. The molecule has 0 aliphatic rings. The van der Waals surface area contributed by atoms with Crippen molar-refractivity contribution in [1.29, 1.82) is 0 Å². The Morgan fingerprint density at radius 2 is 1.08 bits per heavy atom. The topological polar surface area (TPSA) is 42.4 Å². The van der Waals surface area contributed by atoms with Crippen LogP contribution in [0.1, 0.15) is 0 Å². The highest BCUT2D eigenvalue weighted by Crippen LogP contribution is 2.42. The molecule has 0 saturated carbocycles. The average Bonchev–Trinajstić information content (AvgIpc) is 3.81. The van der Waals surface area contributed by atoms with E-state index in [9.17, 15) is 0 Å². The molecular weight excluding hydrogens is 625 g/mol. The first-order chi connectivity index (χ1) is 25.3. The zero-order valence-electron chi connectivity index (χ0n) is 27.5. The van der Waals surface area contributed by atoms with Gasteiger partial charge in [0, 0.05) is 50.4 Å². The van der Waals surface area contributed by atoms with Crippen LogP contribution in [0.25, 0.3) is 77.5 Å². The number of oxazole rings is 1. The quantitative estimate of drug-likeness (QED) is 0.179. The molecule has 51 heavy (non-hydrogen) atoms. The van der Waals surface area contributed by atoms with E-state index in [0.29, 0.717) is 5.89 Å². The van der Waals surface area contributed by atoms with Gasteiger partial charge in [0.1, 0.15) is 16.7 Å². The van der Waals surface area contributed by atoms with Crippen LogP contribution in [0.15, 0.2) is 191 Å². The highest BCUT2D eigenvalue weighted by molar-refractivity contribution is 6.15. The molecule has 240 valence electrons. The van der Waals surface area contributed by atoms with Gasteiger partial charge in [-0.05, 0) is 82.7 Å². The van der Waals surface area contributed by atoms with Gasteiger partial charge in [0.2, 0.25) is 5.89 Å². The lowest BCUT2D eigenvalue weighted by molar-refractivity contribution is 0.620. The summed E-state index contributed by atoms with van der Waals surface area (Å²) in [6.45, 7) is 0. The number of furan rings is 1. The van der Waals surface area contributed by atoms with Crippen molar-refractivity contribution in [2.75, 3.05) is 4.90 Å². The van der Waals surface area contributed by atoms with E-state index >= 15 is 0 Å². The van der Waals surface area contributed by atoms with Gasteiger partial charge in [0.25, 0.3) is 0 Å². The van der Waals surface area contributed by atoms with E-state index in [4.69, 9.17) is 13.8 Å². The summed E-state index contributed by atoms with van der Waals surface area (Å²) in [6, 6.07) is 63.3. The molecule has 8 aromatic carbocycles. The summed E-state index contributed by atoms with van der Waals surface area (Å²) in [5, 5.41) is 4.51. The zero-order valence-corrected chi connectivity index (χ0v) is 27.5. The van der Waals surface area contributed by atoms with Crippen LogP contribution >= 0.6 is 0 Å². The van der Waals surface area contributed by atoms with Gasteiger partial charge in [-0.15, -0.1) is 0 Å². The minimum absolute atomic E-state index is 0.619. The van der Waals surface area contributed by atoms with E-state index in [0.717, 1.165) is 77.7 Å². The highest BCUT2D eigenvalue weighted by Gasteiger charge is 2.18. The van der Waals surface area contributed by atoms with E-state index in [1.54, 1.807) is 0 Å². The molecule has 0 fully saturated rings. The predicted octanol–water partition coefficient (Wildman–Crippen LogP) is 13.4. The molecule has 10 aromatic rings. The molecular formula is C47H30N2O2. The summed E-state index contributed by atoms with van der Waals surface area (Å²) >= 11 is 0. The van der Waals surface area contributed by atoms with Crippen molar-refractivity contribution in [3.05, 3.63) is 182 Å². The van der Waals surface area contributed by atoms with Gasteiger partial charge >= 0.3 is 0 Å². The van der Waals surface area contributed by atoms with Crippen LogP contribution in [0.4, 0.5) is 17.1 Å². The van der Waals surface area contributed by atoms with Gasteiger partial charge in [0.05, 0.1) is 0 Å². The van der Waals surface area contributed by atoms with Gasteiger partial charge in [-0.3, -0.25) is 0 Å². The maximum atomic E-state index is 6.63. The van der Waals surface area contributed by atoms with Gasteiger partial charge in [-0.2, -0.15) is 0 Å². The third-order valence-electron chi connectivity index (χ3n) is 9.69. The number of anilines is 3. The molecule has 0 atom stereocenters. The van der Waals surface area contributed by atoms with Gasteiger partial charge in [-0.25, -0.2) is 4.98 Å². The molecule has 0 unspecified atom stereocenters. The Morgan fingerprint density at radius 1 is 0.392 bits per heavy atom. The zero-order chi connectivity index (χ0) is 33.7. The van der Waals surface area contributed by atoms with Gasteiger partial charge in [0.15, 0.2) is 5.58 Å². The Balaban J connectivity index is 1.10. The van der Waals surface area contributed by atoms with Crippen LogP contribution in [-0.4, -0.2) is 4.98 Å². The minimum atomic E-state index is 0.619. The Morgan fingerprint density at radius 3 is 1.92 bits per heavy atom. The molecule has 2 aromatic heterocycles. The van der Waals surface area contributed by atoms with Crippen molar-refractivity contribution in [2.24, 2.45) is 0 Å². The van der Waals surface area contributed by atoms with Crippen molar-refractivity contribution in [2.45, 2.75) is 0 Å². The first-order valence-electron chi connectivity index (χ1n) is 17.1. The average molecular weight is 655 g/mol. The Kier molecular flexibility index (Phi) is 6.78. The fourth-order valence-corrected chi connectivity index (χ4v) is 7.21. The van der Waals surface area contributed by atoms with Gasteiger partial charge < -0.3 is 13.7 Å². The lowest BCUT2D eigenvalue weighted by Crippen LogP contribution is -2.10. The normalized spacial score (nSPS) is 11.5. The van der Waals surface area contributed by atoms with Crippen molar-refractivity contribution >= 4 is 60.9 Å². The van der Waals surface area contributed by atoms with Crippen LogP contribution in [0.2, 0.25) is 0 Å². The molecule has 0 N–H and O–H groups in total. The molecule has 0 amide bonds. The van der Waals surface area contributed by atoms with E-state index in [1.807, 2.05) is 42.5 Å². The second kappa shape index (κ2) is 11.9. The number of aromatic nitrogens is 1. The van der Waals surface area contributed by atoms with Crippen molar-refractivity contribution < 1.29 is 8.83 Å². The Labute approximate surface area is 294 Å². The second-order valence-corrected chi connectivity index (χ2v) is 12.8. The van der Waals surface area contributed by atoms with E-state index in [-0.39, 0.29) is 0 Å².